The van der Waals surface area contributed by atoms with Gasteiger partial charge in [0, 0.05) is 21.7 Å². The molecule has 0 bridgehead atoms. The minimum absolute atomic E-state index is 0.0664. The van der Waals surface area contributed by atoms with Gasteiger partial charge in [-0.3, -0.25) is 9.59 Å². The van der Waals surface area contributed by atoms with Gasteiger partial charge in [0.2, 0.25) is 0 Å². The molecule has 4 rings (SSSR count). The molecule has 0 aromatic heterocycles. The highest BCUT2D eigenvalue weighted by atomic mass is 35.5. The largest absolute Gasteiger partial charge is 0.508 e. The zero-order valence-corrected chi connectivity index (χ0v) is 21.9. The van der Waals surface area contributed by atoms with Crippen molar-refractivity contribution in [2.75, 3.05) is 7.11 Å². The van der Waals surface area contributed by atoms with Crippen molar-refractivity contribution in [1.29, 1.82) is 0 Å². The first-order valence-electron chi connectivity index (χ1n) is 12.4. The van der Waals surface area contributed by atoms with E-state index in [1.54, 1.807) is 86.0 Å². The molecule has 38 heavy (non-hydrogen) atoms. The number of hydrogen-bond donors (Lipinski definition) is 1. The average molecular weight is 529 g/mol. The maximum absolute atomic E-state index is 12.5. The quantitative estimate of drug-likeness (QED) is 0.216. The minimum atomic E-state index is -0.146. The summed E-state index contributed by atoms with van der Waals surface area (Å²) in [4.78, 5) is 24.9. The molecule has 0 radical (unpaired) electrons. The van der Waals surface area contributed by atoms with Crippen LogP contribution in [-0.4, -0.2) is 23.8 Å². The van der Waals surface area contributed by atoms with Crippen molar-refractivity contribution < 1.29 is 24.2 Å². The molecule has 0 aliphatic heterocycles. The zero-order chi connectivity index (χ0) is 26.9. The maximum atomic E-state index is 12.5. The Labute approximate surface area is 227 Å². The van der Waals surface area contributed by atoms with E-state index in [4.69, 9.17) is 21.1 Å². The van der Waals surface area contributed by atoms with Crippen LogP contribution in [0.1, 0.15) is 57.5 Å². The standard InChI is InChI=1S/C32H29ClO5/c1-37-27-14-9-24(10-15-27)30(34)18-7-22-6-8-26(32(36)20-22)21-38-28-16-11-25(12-17-28)31(35)19-13-23-4-2-3-5-29(23)33/h6-20,36H,2-5,21H2,1H3/b18-7+,19-13+. The van der Waals surface area contributed by atoms with Gasteiger partial charge in [0.15, 0.2) is 11.6 Å². The summed E-state index contributed by atoms with van der Waals surface area (Å²) in [5, 5.41) is 11.3. The predicted molar refractivity (Wildman–Crippen MR) is 150 cm³/mol. The predicted octanol–water partition coefficient (Wildman–Crippen LogP) is 7.68. The third kappa shape index (κ3) is 7.24. The third-order valence-corrected chi connectivity index (χ3v) is 6.75. The van der Waals surface area contributed by atoms with Gasteiger partial charge in [0.1, 0.15) is 23.9 Å². The molecule has 6 heteroatoms. The molecule has 0 amide bonds. The second-order valence-corrected chi connectivity index (χ2v) is 9.42. The summed E-state index contributed by atoms with van der Waals surface area (Å²) in [7, 11) is 1.57. The number of allylic oxidation sites excluding steroid dienone is 5. The number of ketones is 2. The molecule has 5 nitrogen and oxygen atoms in total. The molecular weight excluding hydrogens is 500 g/mol. The number of hydrogen-bond acceptors (Lipinski definition) is 5. The molecule has 0 atom stereocenters. The van der Waals surface area contributed by atoms with E-state index in [1.165, 1.54) is 6.08 Å². The van der Waals surface area contributed by atoms with Crippen molar-refractivity contribution in [3.8, 4) is 17.2 Å². The fourth-order valence-corrected chi connectivity index (χ4v) is 4.34. The molecule has 0 fully saturated rings. The second kappa shape index (κ2) is 12.9. The Hall–Kier alpha value is -4.09. The van der Waals surface area contributed by atoms with Gasteiger partial charge in [0.05, 0.1) is 7.11 Å². The fourth-order valence-electron chi connectivity index (χ4n) is 4.04. The van der Waals surface area contributed by atoms with Crippen LogP contribution in [0, 0.1) is 0 Å². The van der Waals surface area contributed by atoms with E-state index in [9.17, 15) is 14.7 Å². The first-order valence-corrected chi connectivity index (χ1v) is 12.8. The lowest BCUT2D eigenvalue weighted by Crippen LogP contribution is -1.99. The van der Waals surface area contributed by atoms with Crippen molar-refractivity contribution >= 4 is 29.2 Å². The molecule has 1 aliphatic carbocycles. The molecule has 0 saturated heterocycles. The van der Waals surface area contributed by atoms with Gasteiger partial charge >= 0.3 is 0 Å². The Bertz CT molecular complexity index is 1380. The highest BCUT2D eigenvalue weighted by molar-refractivity contribution is 6.30. The van der Waals surface area contributed by atoms with Gasteiger partial charge in [-0.2, -0.15) is 0 Å². The molecule has 1 N–H and O–H groups in total. The summed E-state index contributed by atoms with van der Waals surface area (Å²) >= 11 is 6.26. The highest BCUT2D eigenvalue weighted by Gasteiger charge is 2.10. The summed E-state index contributed by atoms with van der Waals surface area (Å²) in [5.41, 5.74) is 3.44. The van der Waals surface area contributed by atoms with Crippen molar-refractivity contribution in [3.05, 3.63) is 118 Å². The first kappa shape index (κ1) is 27.0. The van der Waals surface area contributed by atoms with E-state index in [-0.39, 0.29) is 23.9 Å². The maximum Gasteiger partial charge on any atom is 0.185 e. The summed E-state index contributed by atoms with van der Waals surface area (Å²) in [6, 6.07) is 18.9. The number of phenolic OH excluding ortho intramolecular Hbond substituents is 1. The van der Waals surface area contributed by atoms with E-state index >= 15 is 0 Å². The number of benzene rings is 3. The van der Waals surface area contributed by atoms with Gasteiger partial charge in [-0.1, -0.05) is 35.9 Å². The Balaban J connectivity index is 1.31. The van der Waals surface area contributed by atoms with Crippen molar-refractivity contribution in [1.82, 2.24) is 0 Å². The van der Waals surface area contributed by atoms with Crippen LogP contribution in [0.4, 0.5) is 0 Å². The van der Waals surface area contributed by atoms with Crippen LogP contribution < -0.4 is 9.47 Å². The summed E-state index contributed by atoms with van der Waals surface area (Å²) < 4.78 is 10.9. The normalized spacial score (nSPS) is 13.7. The summed E-state index contributed by atoms with van der Waals surface area (Å²) in [6.45, 7) is 0.153. The van der Waals surface area contributed by atoms with E-state index in [1.807, 2.05) is 6.08 Å². The van der Waals surface area contributed by atoms with Crippen molar-refractivity contribution in [2.24, 2.45) is 0 Å². The smallest absolute Gasteiger partial charge is 0.185 e. The molecule has 194 valence electrons. The molecule has 0 spiro atoms. The second-order valence-electron chi connectivity index (χ2n) is 8.96. The lowest BCUT2D eigenvalue weighted by molar-refractivity contribution is 0.103. The van der Waals surface area contributed by atoms with Crippen molar-refractivity contribution in [3.63, 3.8) is 0 Å². The van der Waals surface area contributed by atoms with E-state index in [0.717, 1.165) is 36.3 Å². The number of methoxy groups -OCH3 is 1. The highest BCUT2D eigenvalue weighted by Crippen LogP contribution is 2.28. The number of ether oxygens (including phenoxy) is 2. The SMILES string of the molecule is COc1ccc(C(=O)/C=C/c2ccc(COc3ccc(C(=O)/C=C/C4=C(Cl)CCCC4)cc3)c(O)c2)cc1. The van der Waals surface area contributed by atoms with Crippen LogP contribution in [0.3, 0.4) is 0 Å². The first-order chi connectivity index (χ1) is 18.4. The van der Waals surface area contributed by atoms with Crippen LogP contribution >= 0.6 is 11.6 Å². The molecule has 3 aromatic rings. The topological polar surface area (TPSA) is 72.8 Å². The Morgan fingerprint density at radius 1 is 0.842 bits per heavy atom. The van der Waals surface area contributed by atoms with Crippen molar-refractivity contribution in [2.45, 2.75) is 32.3 Å². The number of phenols is 1. The average Bonchev–Trinajstić information content (AvgIpc) is 2.95. The summed E-state index contributed by atoms with van der Waals surface area (Å²) in [6.07, 6.45) is 10.5. The number of rotatable bonds is 10. The molecule has 0 heterocycles. The van der Waals surface area contributed by atoms with Crippen LogP contribution in [0.25, 0.3) is 6.08 Å². The number of carbonyl (C=O) groups excluding carboxylic acids is 2. The lowest BCUT2D eigenvalue weighted by atomic mass is 9.98. The Morgan fingerprint density at radius 2 is 1.45 bits per heavy atom. The molecule has 0 saturated carbocycles. The van der Waals surface area contributed by atoms with Crippen LogP contribution in [0.15, 0.2) is 95.6 Å². The van der Waals surface area contributed by atoms with E-state index in [2.05, 4.69) is 0 Å². The van der Waals surface area contributed by atoms with Gasteiger partial charge in [-0.25, -0.2) is 0 Å². The van der Waals surface area contributed by atoms with Gasteiger partial charge < -0.3 is 14.6 Å². The van der Waals surface area contributed by atoms with Gasteiger partial charge in [-0.15, -0.1) is 0 Å². The third-order valence-electron chi connectivity index (χ3n) is 6.32. The number of carbonyl (C=O) groups is 2. The minimum Gasteiger partial charge on any atom is -0.508 e. The fraction of sp³-hybridized carbons (Fsp3) is 0.188. The van der Waals surface area contributed by atoms with E-state index in [0.29, 0.717) is 33.8 Å². The van der Waals surface area contributed by atoms with Gasteiger partial charge in [0.25, 0.3) is 0 Å². The molecule has 0 unspecified atom stereocenters. The van der Waals surface area contributed by atoms with Gasteiger partial charge in [-0.05, 0) is 104 Å². The number of halogens is 1. The zero-order valence-electron chi connectivity index (χ0n) is 21.2. The van der Waals surface area contributed by atoms with E-state index < -0.39 is 0 Å². The summed E-state index contributed by atoms with van der Waals surface area (Å²) in [5.74, 6) is 1.09. The molecule has 3 aromatic carbocycles. The Morgan fingerprint density at radius 3 is 2.05 bits per heavy atom. The lowest BCUT2D eigenvalue weighted by Gasteiger charge is -2.12. The molecule has 1 aliphatic rings. The van der Waals surface area contributed by atoms with Crippen LogP contribution in [0.5, 0.6) is 17.2 Å². The van der Waals surface area contributed by atoms with Crippen LogP contribution in [-0.2, 0) is 6.61 Å². The molecular formula is C32H29ClO5. The number of aromatic hydroxyl groups is 1. The monoisotopic (exact) mass is 528 g/mol. The Kier molecular flexibility index (Phi) is 9.17. The van der Waals surface area contributed by atoms with Crippen LogP contribution in [0.2, 0.25) is 0 Å².